The number of unbranched alkanes of at least 4 members (excludes halogenated alkanes) is 1. The van der Waals surface area contributed by atoms with Crippen LogP contribution in [0.4, 0.5) is 0 Å². The van der Waals surface area contributed by atoms with Gasteiger partial charge in [0, 0.05) is 17.9 Å². The van der Waals surface area contributed by atoms with E-state index in [-0.39, 0.29) is 49.1 Å². The van der Waals surface area contributed by atoms with E-state index in [4.69, 9.17) is 20.7 Å². The number of ether oxygens (including phenoxy) is 1. The Morgan fingerprint density at radius 3 is 2.39 bits per heavy atom. The lowest BCUT2D eigenvalue weighted by atomic mass is 10.1. The molecule has 190 valence electrons. The van der Waals surface area contributed by atoms with Gasteiger partial charge in [0.2, 0.25) is 11.8 Å². The Bertz CT molecular complexity index is 694. The molecule has 0 fully saturated rings. The number of nitrogens with two attached hydrogens (primary N) is 1. The predicted octanol–water partition coefficient (Wildman–Crippen LogP) is -0.635. The van der Waals surface area contributed by atoms with Gasteiger partial charge in [0.05, 0.1) is 6.61 Å². The number of carboxylic acids is 2. The van der Waals surface area contributed by atoms with Crippen molar-refractivity contribution in [1.29, 1.82) is 0 Å². The van der Waals surface area contributed by atoms with Crippen molar-refractivity contribution < 1.29 is 43.8 Å². The van der Waals surface area contributed by atoms with E-state index in [9.17, 15) is 24.0 Å². The van der Waals surface area contributed by atoms with E-state index in [1.54, 1.807) is 0 Å². The molecule has 15 heteroatoms. The maximum Gasteiger partial charge on any atom is 0.356 e. The summed E-state index contributed by atoms with van der Waals surface area (Å²) < 4.78 is 5.07. The first-order valence-corrected chi connectivity index (χ1v) is 10.9. The summed E-state index contributed by atoms with van der Waals surface area (Å²) in [6.45, 7) is 1.50. The van der Waals surface area contributed by atoms with Crippen LogP contribution in [0.25, 0.3) is 0 Å². The van der Waals surface area contributed by atoms with Gasteiger partial charge in [0.25, 0.3) is 0 Å². The molecule has 0 aromatic rings. The Hall–Kier alpha value is -2.58. The second kappa shape index (κ2) is 18.9. The van der Waals surface area contributed by atoms with Crippen molar-refractivity contribution in [2.45, 2.75) is 44.7 Å². The Labute approximate surface area is 201 Å². The molecule has 0 radical (unpaired) electrons. The molecule has 2 atom stereocenters. The van der Waals surface area contributed by atoms with Crippen LogP contribution in [-0.2, 0) is 33.5 Å². The minimum Gasteiger partial charge on any atom is -0.480 e. The smallest absolute Gasteiger partial charge is 0.356 e. The average Bonchev–Trinajstić information content (AvgIpc) is 2.74. The van der Waals surface area contributed by atoms with E-state index >= 15 is 0 Å². The second-order valence-corrected chi connectivity index (χ2v) is 7.47. The van der Waals surface area contributed by atoms with Gasteiger partial charge in [0.1, 0.15) is 25.7 Å². The van der Waals surface area contributed by atoms with Crippen LogP contribution in [0.1, 0.15) is 32.6 Å². The fraction of sp³-hybridized carbons (Fsp3) is 0.667. The third kappa shape index (κ3) is 15.8. The summed E-state index contributed by atoms with van der Waals surface area (Å²) in [7, 11) is 1.26. The van der Waals surface area contributed by atoms with Gasteiger partial charge in [-0.2, -0.15) is 11.8 Å². The van der Waals surface area contributed by atoms with Gasteiger partial charge in [-0.15, -0.1) is 12.4 Å². The third-order valence-electron chi connectivity index (χ3n) is 3.76. The molecule has 0 aromatic carbocycles. The number of thioether (sulfide) groups is 1. The summed E-state index contributed by atoms with van der Waals surface area (Å²) in [5.41, 5.74) is 5.32. The normalized spacial score (nSPS) is 12.5. The molecule has 0 saturated carbocycles. The maximum atomic E-state index is 12.3. The molecule has 0 heterocycles. The largest absolute Gasteiger partial charge is 0.480 e. The van der Waals surface area contributed by atoms with Crippen LogP contribution in [0.3, 0.4) is 0 Å². The Morgan fingerprint density at radius 1 is 1.18 bits per heavy atom. The van der Waals surface area contributed by atoms with Crippen molar-refractivity contribution in [3.63, 3.8) is 0 Å². The minimum absolute atomic E-state index is 0. The molecule has 33 heavy (non-hydrogen) atoms. The molecule has 0 saturated heterocycles. The topological polar surface area (TPSA) is 207 Å². The van der Waals surface area contributed by atoms with E-state index in [2.05, 4.69) is 20.6 Å². The van der Waals surface area contributed by atoms with E-state index < -0.39 is 48.4 Å². The van der Waals surface area contributed by atoms with Crippen molar-refractivity contribution in [2.24, 2.45) is 10.9 Å². The van der Waals surface area contributed by atoms with E-state index in [0.29, 0.717) is 6.42 Å². The Morgan fingerprint density at radius 2 is 1.85 bits per heavy atom. The van der Waals surface area contributed by atoms with Crippen LogP contribution in [0, 0.1) is 0 Å². The number of hydrogen-bond acceptors (Lipinski definition) is 10. The summed E-state index contributed by atoms with van der Waals surface area (Å²) in [6.07, 6.45) is 1.12. The number of carbonyl (C=O) groups is 5. The SMILES string of the molecule is CCCCOC(=O)/C(CSCC(NC(=O)CCC(N)C(=O)O)C(=O)NCC(=O)O)=N\OC.Cl. The fourth-order valence-corrected chi connectivity index (χ4v) is 3.00. The number of hydrogen-bond donors (Lipinski definition) is 5. The van der Waals surface area contributed by atoms with Crippen molar-refractivity contribution in [2.75, 3.05) is 31.8 Å². The molecule has 0 aliphatic heterocycles. The molecule has 2 unspecified atom stereocenters. The number of rotatable bonds is 17. The lowest BCUT2D eigenvalue weighted by Gasteiger charge is -2.18. The van der Waals surface area contributed by atoms with Gasteiger partial charge in [-0.25, -0.2) is 4.79 Å². The lowest BCUT2D eigenvalue weighted by molar-refractivity contribution is -0.139. The monoisotopic (exact) mass is 514 g/mol. The molecule has 0 rings (SSSR count). The standard InChI is InChI=1S/C18H30N4O9S.ClH/c1-3-4-7-31-18(29)13(22-30-2)10-32-9-12(16(26)20-8-15(24)25)21-14(23)6-5-11(19)17(27)28;/h11-12H,3-10,19H2,1-2H3,(H,20,26)(H,21,23)(H,24,25)(H,27,28);1H/b22-13-;. The molecule has 0 spiro atoms. The van der Waals surface area contributed by atoms with Crippen LogP contribution in [0.2, 0.25) is 0 Å². The van der Waals surface area contributed by atoms with Crippen LogP contribution >= 0.6 is 24.2 Å². The summed E-state index contributed by atoms with van der Waals surface area (Å²) >= 11 is 1.06. The molecule has 0 aliphatic carbocycles. The van der Waals surface area contributed by atoms with Crippen LogP contribution < -0.4 is 16.4 Å². The number of carbonyl (C=O) groups excluding carboxylic acids is 3. The van der Waals surface area contributed by atoms with E-state index in [0.717, 1.165) is 18.2 Å². The highest BCUT2D eigenvalue weighted by molar-refractivity contribution is 8.00. The third-order valence-corrected chi connectivity index (χ3v) is 4.80. The number of carboxylic acid groups (broad SMARTS) is 2. The van der Waals surface area contributed by atoms with Gasteiger partial charge in [0.15, 0.2) is 5.71 Å². The fourth-order valence-electron chi connectivity index (χ4n) is 2.04. The molecule has 6 N–H and O–H groups in total. The van der Waals surface area contributed by atoms with Gasteiger partial charge >= 0.3 is 17.9 Å². The van der Waals surface area contributed by atoms with Gasteiger partial charge < -0.3 is 36.2 Å². The van der Waals surface area contributed by atoms with Crippen molar-refractivity contribution in [1.82, 2.24) is 10.6 Å². The minimum atomic E-state index is -1.27. The average molecular weight is 515 g/mol. The Balaban J connectivity index is 0. The maximum absolute atomic E-state index is 12.3. The molecule has 0 aliphatic rings. The first kappa shape index (κ1) is 32.6. The number of oxime groups is 1. The highest BCUT2D eigenvalue weighted by atomic mass is 35.5. The molecule has 13 nitrogen and oxygen atoms in total. The first-order valence-electron chi connectivity index (χ1n) is 9.74. The number of aliphatic carboxylic acids is 2. The summed E-state index contributed by atoms with van der Waals surface area (Å²) in [5.74, 6) is -4.64. The molecule has 0 aromatic heterocycles. The second-order valence-electron chi connectivity index (χ2n) is 6.44. The van der Waals surface area contributed by atoms with Crippen molar-refractivity contribution >= 4 is 59.6 Å². The lowest BCUT2D eigenvalue weighted by Crippen LogP contribution is -2.49. The number of esters is 1. The quantitative estimate of drug-likeness (QED) is 0.0713. The van der Waals surface area contributed by atoms with E-state index in [1.807, 2.05) is 6.92 Å². The zero-order valence-corrected chi connectivity index (χ0v) is 20.0. The predicted molar refractivity (Wildman–Crippen MR) is 122 cm³/mol. The molecule has 2 amide bonds. The van der Waals surface area contributed by atoms with Crippen LogP contribution in [0.15, 0.2) is 5.16 Å². The Kier molecular flexibility index (Phi) is 18.7. The van der Waals surface area contributed by atoms with Gasteiger partial charge in [-0.05, 0) is 12.8 Å². The summed E-state index contributed by atoms with van der Waals surface area (Å²) in [5, 5.41) is 25.7. The van der Waals surface area contributed by atoms with Crippen LogP contribution in [0.5, 0.6) is 0 Å². The van der Waals surface area contributed by atoms with Gasteiger partial charge in [-0.3, -0.25) is 19.2 Å². The zero-order valence-electron chi connectivity index (χ0n) is 18.4. The first-order chi connectivity index (χ1) is 15.1. The number of nitrogens with zero attached hydrogens (tertiary/aromatic N) is 1. The summed E-state index contributed by atoms with van der Waals surface area (Å²) in [4.78, 5) is 62.5. The van der Waals surface area contributed by atoms with Crippen molar-refractivity contribution in [3.05, 3.63) is 0 Å². The highest BCUT2D eigenvalue weighted by Crippen LogP contribution is 2.07. The number of amides is 2. The van der Waals surface area contributed by atoms with E-state index in [1.165, 1.54) is 7.11 Å². The van der Waals surface area contributed by atoms with Gasteiger partial charge in [-0.1, -0.05) is 18.5 Å². The summed E-state index contributed by atoms with van der Waals surface area (Å²) in [6, 6.07) is -2.38. The highest BCUT2D eigenvalue weighted by Gasteiger charge is 2.24. The molecule has 0 bridgehead atoms. The molecular weight excluding hydrogens is 484 g/mol. The van der Waals surface area contributed by atoms with Crippen molar-refractivity contribution in [3.8, 4) is 0 Å². The molecular formula is C18H31ClN4O9S. The number of halogens is 1. The number of nitrogens with one attached hydrogen (secondary N) is 2. The zero-order chi connectivity index (χ0) is 24.5. The van der Waals surface area contributed by atoms with Crippen LogP contribution in [-0.4, -0.2) is 89.5 Å².